The lowest BCUT2D eigenvalue weighted by Gasteiger charge is -2.32. The Morgan fingerprint density at radius 3 is 2.14 bits per heavy atom. The van der Waals surface area contributed by atoms with Gasteiger partial charge in [0.25, 0.3) is 5.91 Å². The molecular weight excluding hydrogens is 362 g/mol. The zero-order chi connectivity index (χ0) is 20.6. The first-order chi connectivity index (χ1) is 14.1. The molecule has 0 atom stereocenters. The van der Waals surface area contributed by atoms with Crippen LogP contribution < -0.4 is 10.6 Å². The maximum atomic E-state index is 12.6. The minimum atomic E-state index is -0.0231. The van der Waals surface area contributed by atoms with Gasteiger partial charge in [0.1, 0.15) is 0 Å². The lowest BCUT2D eigenvalue weighted by Crippen LogP contribution is -2.46. The number of hydrogen-bond acceptors (Lipinski definition) is 3. The molecule has 5 nitrogen and oxygen atoms in total. The molecule has 2 aromatic rings. The van der Waals surface area contributed by atoms with E-state index >= 15 is 0 Å². The summed E-state index contributed by atoms with van der Waals surface area (Å²) in [6.07, 6.45) is 3.52. The van der Waals surface area contributed by atoms with Gasteiger partial charge < -0.3 is 10.6 Å². The van der Waals surface area contributed by atoms with Crippen LogP contribution >= 0.6 is 0 Å². The number of anilines is 1. The van der Waals surface area contributed by atoms with Gasteiger partial charge in [0, 0.05) is 30.4 Å². The van der Waals surface area contributed by atoms with E-state index in [1.54, 1.807) is 0 Å². The highest BCUT2D eigenvalue weighted by molar-refractivity contribution is 5.94. The van der Waals surface area contributed by atoms with Gasteiger partial charge in [-0.25, -0.2) is 0 Å². The summed E-state index contributed by atoms with van der Waals surface area (Å²) >= 11 is 0. The normalized spacial score (nSPS) is 15.1. The van der Waals surface area contributed by atoms with E-state index in [2.05, 4.69) is 47.6 Å². The van der Waals surface area contributed by atoms with Gasteiger partial charge in [-0.2, -0.15) is 0 Å². The molecule has 1 heterocycles. The number of hydrogen-bond donors (Lipinski definition) is 2. The van der Waals surface area contributed by atoms with E-state index in [0.717, 1.165) is 44.5 Å². The summed E-state index contributed by atoms with van der Waals surface area (Å²) in [6.45, 7) is 6.23. The Bertz CT molecular complexity index is 805. The fourth-order valence-corrected chi connectivity index (χ4v) is 3.88. The van der Waals surface area contributed by atoms with E-state index in [4.69, 9.17) is 0 Å². The Morgan fingerprint density at radius 2 is 1.55 bits per heavy atom. The molecule has 0 saturated carbocycles. The zero-order valence-electron chi connectivity index (χ0n) is 17.4. The minimum Gasteiger partial charge on any atom is -0.349 e. The lowest BCUT2D eigenvalue weighted by atomic mass is 10.0. The molecule has 2 N–H and O–H groups in total. The molecule has 154 valence electrons. The van der Waals surface area contributed by atoms with Crippen molar-refractivity contribution in [2.45, 2.75) is 45.6 Å². The number of rotatable bonds is 7. The molecule has 2 amide bonds. The van der Waals surface area contributed by atoms with E-state index < -0.39 is 0 Å². The van der Waals surface area contributed by atoms with Crippen molar-refractivity contribution < 1.29 is 9.59 Å². The van der Waals surface area contributed by atoms with Crippen molar-refractivity contribution >= 4 is 17.5 Å². The van der Waals surface area contributed by atoms with Gasteiger partial charge in [-0.3, -0.25) is 14.5 Å². The predicted octanol–water partition coefficient (Wildman–Crippen LogP) is 3.64. The predicted molar refractivity (Wildman–Crippen MR) is 117 cm³/mol. The van der Waals surface area contributed by atoms with Crippen LogP contribution in [0.25, 0.3) is 0 Å². The average molecular weight is 394 g/mol. The fourth-order valence-electron chi connectivity index (χ4n) is 3.88. The van der Waals surface area contributed by atoms with Gasteiger partial charge in [-0.15, -0.1) is 0 Å². The van der Waals surface area contributed by atoms with Crippen LogP contribution in [0.2, 0.25) is 0 Å². The van der Waals surface area contributed by atoms with Crippen molar-refractivity contribution in [2.75, 3.05) is 25.0 Å². The van der Waals surface area contributed by atoms with Gasteiger partial charge in [0.2, 0.25) is 5.91 Å². The third kappa shape index (κ3) is 5.67. The Hall–Kier alpha value is -2.66. The number of nitrogens with zero attached hydrogens (tertiary/aromatic N) is 1. The second kappa shape index (κ2) is 10.2. The Kier molecular flexibility index (Phi) is 7.42. The van der Waals surface area contributed by atoms with Crippen LogP contribution in [0.3, 0.4) is 0 Å². The number of piperidine rings is 1. The molecule has 0 aliphatic carbocycles. The summed E-state index contributed by atoms with van der Waals surface area (Å²) in [5.41, 5.74) is 4.03. The van der Waals surface area contributed by atoms with Crippen LogP contribution in [0.5, 0.6) is 0 Å². The van der Waals surface area contributed by atoms with Crippen molar-refractivity contribution in [3.8, 4) is 0 Å². The van der Waals surface area contributed by atoms with Crippen molar-refractivity contribution in [1.82, 2.24) is 10.2 Å². The summed E-state index contributed by atoms with van der Waals surface area (Å²) < 4.78 is 0. The quantitative estimate of drug-likeness (QED) is 0.755. The summed E-state index contributed by atoms with van der Waals surface area (Å²) in [6, 6.07) is 15.7. The number of carbonyl (C=O) groups is 2. The zero-order valence-corrected chi connectivity index (χ0v) is 17.4. The average Bonchev–Trinajstić information content (AvgIpc) is 2.75. The molecule has 1 saturated heterocycles. The van der Waals surface area contributed by atoms with Crippen LogP contribution in [0.1, 0.15) is 48.2 Å². The third-order valence-corrected chi connectivity index (χ3v) is 5.59. The summed E-state index contributed by atoms with van der Waals surface area (Å²) in [5.74, 6) is 0.0115. The van der Waals surface area contributed by atoms with Gasteiger partial charge in [0.15, 0.2) is 0 Å². The molecule has 0 radical (unpaired) electrons. The van der Waals surface area contributed by atoms with Crippen LogP contribution in [-0.2, 0) is 17.6 Å². The molecule has 3 rings (SSSR count). The fraction of sp³-hybridized carbons (Fsp3) is 0.417. The number of aryl methyl sites for hydroxylation is 2. The Balaban J connectivity index is 1.48. The SMILES string of the molecule is CCc1cccc(CC)c1NC(=O)CN1CCC(NC(=O)c2ccccc2)CC1. The van der Waals surface area contributed by atoms with E-state index in [1.807, 2.05) is 30.3 Å². The van der Waals surface area contributed by atoms with Crippen molar-refractivity contribution in [3.63, 3.8) is 0 Å². The number of benzene rings is 2. The summed E-state index contributed by atoms with van der Waals surface area (Å²) in [4.78, 5) is 27.1. The first-order valence-corrected chi connectivity index (χ1v) is 10.6. The van der Waals surface area contributed by atoms with Crippen LogP contribution in [-0.4, -0.2) is 42.4 Å². The number of para-hydroxylation sites is 1. The first kappa shape index (κ1) is 21.1. The number of likely N-dealkylation sites (tertiary alicyclic amines) is 1. The molecule has 5 heteroatoms. The Labute approximate surface area is 173 Å². The first-order valence-electron chi connectivity index (χ1n) is 10.6. The molecule has 29 heavy (non-hydrogen) atoms. The van der Waals surface area contributed by atoms with Crippen molar-refractivity contribution in [2.24, 2.45) is 0 Å². The van der Waals surface area contributed by atoms with Crippen LogP contribution in [0, 0.1) is 0 Å². The molecule has 1 aliphatic heterocycles. The molecule has 0 bridgehead atoms. The monoisotopic (exact) mass is 393 g/mol. The minimum absolute atomic E-state index is 0.0231. The largest absolute Gasteiger partial charge is 0.349 e. The number of amides is 2. The van der Waals surface area contributed by atoms with E-state index in [-0.39, 0.29) is 17.9 Å². The third-order valence-electron chi connectivity index (χ3n) is 5.59. The molecular formula is C24H31N3O2. The van der Waals surface area contributed by atoms with E-state index in [0.29, 0.717) is 12.1 Å². The van der Waals surface area contributed by atoms with Gasteiger partial charge >= 0.3 is 0 Å². The maximum absolute atomic E-state index is 12.6. The standard InChI is InChI=1S/C24H31N3O2/c1-3-18-11-8-12-19(4-2)23(18)26-22(28)17-27-15-13-21(14-16-27)25-24(29)20-9-6-5-7-10-20/h5-12,21H,3-4,13-17H2,1-2H3,(H,25,29)(H,26,28). The second-order valence-electron chi connectivity index (χ2n) is 7.60. The van der Waals surface area contributed by atoms with E-state index in [9.17, 15) is 9.59 Å². The summed E-state index contributed by atoms with van der Waals surface area (Å²) in [5, 5.41) is 6.26. The smallest absolute Gasteiger partial charge is 0.251 e. The number of carbonyl (C=O) groups excluding carboxylic acids is 2. The molecule has 0 spiro atoms. The lowest BCUT2D eigenvalue weighted by molar-refractivity contribution is -0.117. The van der Waals surface area contributed by atoms with Gasteiger partial charge in [-0.1, -0.05) is 50.2 Å². The Morgan fingerprint density at radius 1 is 0.931 bits per heavy atom. The highest BCUT2D eigenvalue weighted by Crippen LogP contribution is 2.22. The molecule has 1 aliphatic rings. The topological polar surface area (TPSA) is 61.4 Å². The second-order valence-corrected chi connectivity index (χ2v) is 7.60. The van der Waals surface area contributed by atoms with Gasteiger partial charge in [0.05, 0.1) is 6.54 Å². The molecule has 0 aromatic heterocycles. The van der Waals surface area contributed by atoms with Gasteiger partial charge in [-0.05, 0) is 48.9 Å². The van der Waals surface area contributed by atoms with Crippen LogP contribution in [0.4, 0.5) is 5.69 Å². The highest BCUT2D eigenvalue weighted by Gasteiger charge is 2.23. The summed E-state index contributed by atoms with van der Waals surface area (Å²) in [7, 11) is 0. The molecule has 0 unspecified atom stereocenters. The number of nitrogens with one attached hydrogen (secondary N) is 2. The maximum Gasteiger partial charge on any atom is 0.251 e. The molecule has 1 fully saturated rings. The van der Waals surface area contributed by atoms with E-state index in [1.165, 1.54) is 11.1 Å². The highest BCUT2D eigenvalue weighted by atomic mass is 16.2. The van der Waals surface area contributed by atoms with Crippen LogP contribution in [0.15, 0.2) is 48.5 Å². The van der Waals surface area contributed by atoms with Crippen molar-refractivity contribution in [1.29, 1.82) is 0 Å². The molecule has 2 aromatic carbocycles. The van der Waals surface area contributed by atoms with Crippen molar-refractivity contribution in [3.05, 3.63) is 65.2 Å².